The molecule has 0 bridgehead atoms. The molecule has 2 amide bonds. The molecule has 23 heavy (non-hydrogen) atoms. The first-order valence-corrected chi connectivity index (χ1v) is 8.62. The number of carbonyl (C=O) groups excluding carboxylic acids is 2. The van der Waals surface area contributed by atoms with Crippen LogP contribution in [0.2, 0.25) is 0 Å². The molecule has 0 aromatic heterocycles. The normalized spacial score (nSPS) is 22.3. The highest BCUT2D eigenvalue weighted by Gasteiger charge is 2.38. The van der Waals surface area contributed by atoms with Crippen LogP contribution in [-0.4, -0.2) is 36.3 Å². The van der Waals surface area contributed by atoms with Crippen LogP contribution in [-0.2, 0) is 9.59 Å². The highest BCUT2D eigenvalue weighted by Crippen LogP contribution is 2.32. The van der Waals surface area contributed by atoms with Gasteiger partial charge in [-0.05, 0) is 40.9 Å². The van der Waals surface area contributed by atoms with E-state index in [1.54, 1.807) is 4.90 Å². The van der Waals surface area contributed by atoms with E-state index in [4.69, 9.17) is 5.26 Å². The molecule has 0 radical (unpaired) electrons. The second-order valence-electron chi connectivity index (χ2n) is 6.09. The van der Waals surface area contributed by atoms with E-state index < -0.39 is 0 Å². The number of piperidine rings is 1. The first-order chi connectivity index (χ1) is 11.1. The van der Waals surface area contributed by atoms with Crippen LogP contribution in [0.25, 0.3) is 0 Å². The molecule has 1 unspecified atom stereocenters. The van der Waals surface area contributed by atoms with Gasteiger partial charge in [-0.1, -0.05) is 12.1 Å². The Bertz CT molecular complexity index is 662. The minimum atomic E-state index is -0.284. The Morgan fingerprint density at radius 3 is 2.61 bits per heavy atom. The number of likely N-dealkylation sites (tertiary alicyclic amines) is 1. The standard InChI is InChI=1S/C17H18BrN3O2/c18-14-3-1-2-4-15(14)21-11-13(9-16(21)22)17(23)20-7-5-12(10-19)6-8-20/h1-4,12-13H,5-9,11H2. The van der Waals surface area contributed by atoms with Crippen molar-refractivity contribution in [2.45, 2.75) is 19.3 Å². The fourth-order valence-corrected chi connectivity index (χ4v) is 3.76. The molecule has 1 aromatic rings. The average molecular weight is 376 g/mol. The van der Waals surface area contributed by atoms with Crippen LogP contribution in [0.3, 0.4) is 0 Å². The highest BCUT2D eigenvalue weighted by molar-refractivity contribution is 9.10. The van der Waals surface area contributed by atoms with Gasteiger partial charge in [0.25, 0.3) is 0 Å². The number of hydrogen-bond acceptors (Lipinski definition) is 3. The van der Waals surface area contributed by atoms with Crippen molar-refractivity contribution in [1.82, 2.24) is 4.90 Å². The summed E-state index contributed by atoms with van der Waals surface area (Å²) in [5.41, 5.74) is 0.816. The number of benzene rings is 1. The van der Waals surface area contributed by atoms with Crippen molar-refractivity contribution in [3.05, 3.63) is 28.7 Å². The smallest absolute Gasteiger partial charge is 0.228 e. The quantitative estimate of drug-likeness (QED) is 0.797. The molecule has 2 aliphatic heterocycles. The zero-order valence-electron chi connectivity index (χ0n) is 12.7. The van der Waals surface area contributed by atoms with E-state index in [2.05, 4.69) is 22.0 Å². The molecular formula is C17H18BrN3O2. The van der Waals surface area contributed by atoms with Crippen molar-refractivity contribution in [3.63, 3.8) is 0 Å². The van der Waals surface area contributed by atoms with Gasteiger partial charge in [0.05, 0.1) is 17.7 Å². The highest BCUT2D eigenvalue weighted by atomic mass is 79.9. The molecule has 3 rings (SSSR count). The fourth-order valence-electron chi connectivity index (χ4n) is 3.26. The molecule has 2 heterocycles. The second-order valence-corrected chi connectivity index (χ2v) is 6.94. The van der Waals surface area contributed by atoms with Gasteiger partial charge in [0.2, 0.25) is 11.8 Å². The van der Waals surface area contributed by atoms with Gasteiger partial charge in [-0.15, -0.1) is 0 Å². The molecule has 2 aliphatic rings. The number of rotatable bonds is 2. The fraction of sp³-hybridized carbons (Fsp3) is 0.471. The van der Waals surface area contributed by atoms with Crippen LogP contribution in [0.15, 0.2) is 28.7 Å². The van der Waals surface area contributed by atoms with E-state index in [0.717, 1.165) is 23.0 Å². The number of nitriles is 1. The number of amides is 2. The Morgan fingerprint density at radius 1 is 1.26 bits per heavy atom. The first-order valence-electron chi connectivity index (χ1n) is 7.83. The van der Waals surface area contributed by atoms with Gasteiger partial charge in [-0.3, -0.25) is 9.59 Å². The van der Waals surface area contributed by atoms with Gasteiger partial charge in [-0.2, -0.15) is 5.26 Å². The molecular weight excluding hydrogens is 358 g/mol. The Morgan fingerprint density at radius 2 is 1.96 bits per heavy atom. The Balaban J connectivity index is 1.67. The molecule has 0 aliphatic carbocycles. The lowest BCUT2D eigenvalue weighted by Gasteiger charge is -2.31. The summed E-state index contributed by atoms with van der Waals surface area (Å²) in [4.78, 5) is 28.5. The van der Waals surface area contributed by atoms with Crippen LogP contribution >= 0.6 is 15.9 Å². The molecule has 2 fully saturated rings. The second kappa shape index (κ2) is 6.71. The molecule has 1 atom stereocenters. The van der Waals surface area contributed by atoms with Crippen molar-refractivity contribution in [2.24, 2.45) is 11.8 Å². The lowest BCUT2D eigenvalue weighted by atomic mass is 9.97. The van der Waals surface area contributed by atoms with Crippen LogP contribution in [0.1, 0.15) is 19.3 Å². The topological polar surface area (TPSA) is 64.4 Å². The van der Waals surface area contributed by atoms with Crippen LogP contribution in [0.5, 0.6) is 0 Å². The van der Waals surface area contributed by atoms with E-state index in [1.807, 2.05) is 29.2 Å². The molecule has 1 aromatic carbocycles. The van der Waals surface area contributed by atoms with Gasteiger partial charge in [0.15, 0.2) is 0 Å². The summed E-state index contributed by atoms with van der Waals surface area (Å²) in [5.74, 6) is -0.194. The maximum Gasteiger partial charge on any atom is 0.228 e. The molecule has 120 valence electrons. The summed E-state index contributed by atoms with van der Waals surface area (Å²) < 4.78 is 0.858. The zero-order valence-corrected chi connectivity index (χ0v) is 14.3. The molecule has 0 saturated carbocycles. The number of hydrogen-bond donors (Lipinski definition) is 0. The summed E-state index contributed by atoms with van der Waals surface area (Å²) >= 11 is 3.46. The number of carbonyl (C=O) groups is 2. The van der Waals surface area contributed by atoms with Crippen LogP contribution in [0, 0.1) is 23.2 Å². The van der Waals surface area contributed by atoms with Gasteiger partial charge < -0.3 is 9.80 Å². The predicted molar refractivity (Wildman–Crippen MR) is 89.5 cm³/mol. The van der Waals surface area contributed by atoms with E-state index in [1.165, 1.54) is 0 Å². The summed E-state index contributed by atoms with van der Waals surface area (Å²) in [6.07, 6.45) is 1.73. The Hall–Kier alpha value is -1.87. The van der Waals surface area contributed by atoms with Crippen LogP contribution in [0.4, 0.5) is 5.69 Å². The largest absolute Gasteiger partial charge is 0.342 e. The molecule has 6 heteroatoms. The number of halogens is 1. The summed E-state index contributed by atoms with van der Waals surface area (Å²) in [5, 5.41) is 8.94. The average Bonchev–Trinajstić information content (AvgIpc) is 2.96. The first kappa shape index (κ1) is 16.0. The van der Waals surface area contributed by atoms with E-state index >= 15 is 0 Å². The third kappa shape index (κ3) is 3.25. The lowest BCUT2D eigenvalue weighted by molar-refractivity contribution is -0.136. The van der Waals surface area contributed by atoms with Gasteiger partial charge >= 0.3 is 0 Å². The number of nitrogens with zero attached hydrogens (tertiary/aromatic N) is 3. The SMILES string of the molecule is N#CC1CCN(C(=O)C2CC(=O)N(c3ccccc3Br)C2)CC1. The van der Waals surface area contributed by atoms with Crippen molar-refractivity contribution >= 4 is 33.4 Å². The summed E-state index contributed by atoms with van der Waals surface area (Å²) in [6, 6.07) is 9.83. The van der Waals surface area contributed by atoms with Crippen molar-refractivity contribution in [3.8, 4) is 6.07 Å². The van der Waals surface area contributed by atoms with Crippen molar-refractivity contribution in [1.29, 1.82) is 5.26 Å². The van der Waals surface area contributed by atoms with E-state index in [9.17, 15) is 9.59 Å². The van der Waals surface area contributed by atoms with E-state index in [-0.39, 0.29) is 30.1 Å². The molecule has 5 nitrogen and oxygen atoms in total. The summed E-state index contributed by atoms with van der Waals surface area (Å²) in [6.45, 7) is 1.67. The predicted octanol–water partition coefficient (Wildman–Crippen LogP) is 2.56. The third-order valence-electron chi connectivity index (χ3n) is 4.61. The van der Waals surface area contributed by atoms with Gasteiger partial charge in [-0.25, -0.2) is 0 Å². The third-order valence-corrected chi connectivity index (χ3v) is 5.28. The maximum absolute atomic E-state index is 12.7. The summed E-state index contributed by atoms with van der Waals surface area (Å²) in [7, 11) is 0. The monoisotopic (exact) mass is 375 g/mol. The number of para-hydroxylation sites is 1. The molecule has 0 N–H and O–H groups in total. The van der Waals surface area contributed by atoms with E-state index in [0.29, 0.717) is 19.6 Å². The molecule has 2 saturated heterocycles. The number of anilines is 1. The van der Waals surface area contributed by atoms with Gasteiger partial charge in [0.1, 0.15) is 0 Å². The zero-order chi connectivity index (χ0) is 16.4. The Kier molecular flexibility index (Phi) is 4.67. The van der Waals surface area contributed by atoms with Crippen molar-refractivity contribution < 1.29 is 9.59 Å². The van der Waals surface area contributed by atoms with Crippen molar-refractivity contribution in [2.75, 3.05) is 24.5 Å². The minimum absolute atomic E-state index is 0.0119. The Labute approximate surface area is 144 Å². The lowest BCUT2D eigenvalue weighted by Crippen LogP contribution is -2.42. The van der Waals surface area contributed by atoms with Gasteiger partial charge in [0, 0.05) is 36.4 Å². The van der Waals surface area contributed by atoms with Crippen LogP contribution < -0.4 is 4.90 Å². The minimum Gasteiger partial charge on any atom is -0.342 e. The maximum atomic E-state index is 12.7. The molecule has 0 spiro atoms.